The van der Waals surface area contributed by atoms with Crippen LogP contribution in [-0.2, 0) is 14.3 Å². The lowest BCUT2D eigenvalue weighted by Crippen LogP contribution is -2.45. The third-order valence-electron chi connectivity index (χ3n) is 6.06. The Kier molecular flexibility index (Phi) is 6.13. The van der Waals surface area contributed by atoms with Crippen LogP contribution in [0.3, 0.4) is 0 Å². The Morgan fingerprint density at radius 3 is 2.58 bits per heavy atom. The van der Waals surface area contributed by atoms with Crippen molar-refractivity contribution < 1.29 is 14.3 Å². The number of ether oxygens (including phenoxy) is 2. The van der Waals surface area contributed by atoms with Crippen molar-refractivity contribution in [2.45, 2.75) is 32.2 Å². The smallest absolute Gasteiger partial charge is 0.248 e. The number of hydrogen-bond acceptors (Lipinski definition) is 5. The number of amides is 1. The van der Waals surface area contributed by atoms with E-state index in [4.69, 9.17) is 9.47 Å². The molecule has 24 heavy (non-hydrogen) atoms. The van der Waals surface area contributed by atoms with Crippen LogP contribution in [0, 0.1) is 5.41 Å². The molecule has 3 heterocycles. The number of likely N-dealkylation sites (tertiary alicyclic amines) is 2. The molecule has 1 amide bonds. The highest BCUT2D eigenvalue weighted by Gasteiger charge is 2.45. The fraction of sp³-hybridized carbons (Fsp3) is 0.944. The van der Waals surface area contributed by atoms with Gasteiger partial charge in [-0.3, -0.25) is 9.69 Å². The first-order valence-electron chi connectivity index (χ1n) is 9.48. The summed E-state index contributed by atoms with van der Waals surface area (Å²) in [6, 6.07) is 0.647. The number of likely N-dealkylation sites (N-methyl/N-ethyl adjacent to an activating group) is 1. The molecule has 0 aromatic carbocycles. The van der Waals surface area contributed by atoms with Gasteiger partial charge in [0, 0.05) is 51.9 Å². The van der Waals surface area contributed by atoms with Gasteiger partial charge < -0.3 is 19.3 Å². The van der Waals surface area contributed by atoms with Gasteiger partial charge in [0.1, 0.15) is 6.61 Å². The van der Waals surface area contributed by atoms with Gasteiger partial charge in [-0.1, -0.05) is 0 Å². The van der Waals surface area contributed by atoms with Gasteiger partial charge in [0.15, 0.2) is 0 Å². The first-order chi connectivity index (χ1) is 11.6. The van der Waals surface area contributed by atoms with Gasteiger partial charge in [0.25, 0.3) is 0 Å². The molecule has 0 aromatic heterocycles. The maximum atomic E-state index is 12.1. The molecule has 1 atom stereocenters. The fourth-order valence-corrected chi connectivity index (χ4v) is 4.54. The Hall–Kier alpha value is -0.690. The highest BCUT2D eigenvalue weighted by Crippen LogP contribution is 2.43. The van der Waals surface area contributed by atoms with E-state index >= 15 is 0 Å². The summed E-state index contributed by atoms with van der Waals surface area (Å²) in [5.41, 5.74) is 0.411. The second-order valence-electron chi connectivity index (χ2n) is 7.70. The molecule has 0 bridgehead atoms. The Morgan fingerprint density at radius 2 is 1.92 bits per heavy atom. The Bertz CT molecular complexity index is 418. The van der Waals surface area contributed by atoms with E-state index in [1.165, 1.54) is 13.0 Å². The number of morpholine rings is 1. The van der Waals surface area contributed by atoms with E-state index in [2.05, 4.69) is 16.8 Å². The van der Waals surface area contributed by atoms with Crippen LogP contribution in [0.15, 0.2) is 0 Å². The van der Waals surface area contributed by atoms with Crippen molar-refractivity contribution in [1.29, 1.82) is 0 Å². The summed E-state index contributed by atoms with van der Waals surface area (Å²) in [5.74, 6) is 0.155. The lowest BCUT2D eigenvalue weighted by atomic mass is 9.76. The Labute approximate surface area is 146 Å². The summed E-state index contributed by atoms with van der Waals surface area (Å²) in [6.45, 7) is 10.8. The largest absolute Gasteiger partial charge is 0.379 e. The van der Waals surface area contributed by atoms with E-state index in [9.17, 15) is 4.79 Å². The average molecular weight is 339 g/mol. The molecule has 6 heteroatoms. The Balaban J connectivity index is 1.48. The minimum atomic E-state index is 0.155. The molecule has 0 N–H and O–H groups in total. The molecule has 3 fully saturated rings. The zero-order valence-corrected chi connectivity index (χ0v) is 15.3. The zero-order valence-electron chi connectivity index (χ0n) is 15.3. The molecule has 3 aliphatic heterocycles. The van der Waals surface area contributed by atoms with Crippen LogP contribution in [-0.4, -0.2) is 99.4 Å². The molecule has 0 aliphatic carbocycles. The number of nitrogens with zero attached hydrogens (tertiary/aromatic N) is 3. The van der Waals surface area contributed by atoms with E-state index in [1.54, 1.807) is 0 Å². The molecule has 3 saturated heterocycles. The van der Waals surface area contributed by atoms with Gasteiger partial charge in [-0.05, 0) is 38.6 Å². The van der Waals surface area contributed by atoms with Crippen LogP contribution >= 0.6 is 0 Å². The minimum Gasteiger partial charge on any atom is -0.379 e. The van der Waals surface area contributed by atoms with Gasteiger partial charge in [-0.15, -0.1) is 0 Å². The first kappa shape index (κ1) is 18.1. The third kappa shape index (κ3) is 4.28. The molecule has 3 aliphatic rings. The summed E-state index contributed by atoms with van der Waals surface area (Å²) in [6.07, 6.45) is 3.54. The molecule has 1 spiro atoms. The normalized spacial score (nSPS) is 28.6. The summed E-state index contributed by atoms with van der Waals surface area (Å²) in [4.78, 5) is 19.2. The number of piperidine rings is 1. The SMILES string of the molecule is CCOCC(=O)N1CCC2(CC1)CC(CN1CCOCC1)N(C)C2. The molecule has 3 rings (SSSR count). The number of carbonyl (C=O) groups excluding carboxylic acids is 1. The van der Waals surface area contributed by atoms with Crippen molar-refractivity contribution in [1.82, 2.24) is 14.7 Å². The minimum absolute atomic E-state index is 0.155. The third-order valence-corrected chi connectivity index (χ3v) is 6.06. The van der Waals surface area contributed by atoms with Gasteiger partial charge in [0.2, 0.25) is 5.91 Å². The van der Waals surface area contributed by atoms with Crippen molar-refractivity contribution in [3.8, 4) is 0 Å². The summed E-state index contributed by atoms with van der Waals surface area (Å²) < 4.78 is 10.7. The number of hydrogen-bond donors (Lipinski definition) is 0. The predicted octanol–water partition coefficient (Wildman–Crippen LogP) is 0.668. The first-order valence-corrected chi connectivity index (χ1v) is 9.48. The van der Waals surface area contributed by atoms with Gasteiger partial charge in [-0.25, -0.2) is 0 Å². The maximum Gasteiger partial charge on any atom is 0.248 e. The number of rotatable bonds is 5. The van der Waals surface area contributed by atoms with E-state index in [1.807, 2.05) is 11.8 Å². The quantitative estimate of drug-likeness (QED) is 0.737. The fourth-order valence-electron chi connectivity index (χ4n) is 4.54. The molecular formula is C18H33N3O3. The highest BCUT2D eigenvalue weighted by molar-refractivity contribution is 5.77. The van der Waals surface area contributed by atoms with Crippen LogP contribution in [0.5, 0.6) is 0 Å². The van der Waals surface area contributed by atoms with E-state index in [-0.39, 0.29) is 12.5 Å². The van der Waals surface area contributed by atoms with Gasteiger partial charge in [-0.2, -0.15) is 0 Å². The molecule has 0 radical (unpaired) electrons. The van der Waals surface area contributed by atoms with Crippen LogP contribution < -0.4 is 0 Å². The van der Waals surface area contributed by atoms with E-state index in [0.29, 0.717) is 18.1 Å². The maximum absolute atomic E-state index is 12.1. The summed E-state index contributed by atoms with van der Waals surface area (Å²) >= 11 is 0. The van der Waals surface area contributed by atoms with Crippen molar-refractivity contribution in [3.05, 3.63) is 0 Å². The van der Waals surface area contributed by atoms with Crippen LogP contribution in [0.2, 0.25) is 0 Å². The molecule has 1 unspecified atom stereocenters. The van der Waals surface area contributed by atoms with E-state index < -0.39 is 0 Å². The molecule has 0 saturated carbocycles. The summed E-state index contributed by atoms with van der Waals surface area (Å²) in [7, 11) is 2.27. The average Bonchev–Trinajstić information content (AvgIpc) is 2.89. The lowest BCUT2D eigenvalue weighted by Gasteiger charge is -2.39. The monoisotopic (exact) mass is 339 g/mol. The van der Waals surface area contributed by atoms with Gasteiger partial charge >= 0.3 is 0 Å². The zero-order chi connectivity index (χ0) is 17.0. The standard InChI is InChI=1S/C18H33N3O3/c1-3-23-14-17(22)21-6-4-18(5-7-21)12-16(19(2)15-18)13-20-8-10-24-11-9-20/h16H,3-15H2,1-2H3. The highest BCUT2D eigenvalue weighted by atomic mass is 16.5. The topological polar surface area (TPSA) is 45.3 Å². The second-order valence-corrected chi connectivity index (χ2v) is 7.70. The van der Waals surface area contributed by atoms with Crippen LogP contribution in [0.4, 0.5) is 0 Å². The van der Waals surface area contributed by atoms with Crippen LogP contribution in [0.1, 0.15) is 26.2 Å². The van der Waals surface area contributed by atoms with Crippen molar-refractivity contribution in [3.63, 3.8) is 0 Å². The van der Waals surface area contributed by atoms with Crippen molar-refractivity contribution >= 4 is 5.91 Å². The Morgan fingerprint density at radius 1 is 1.21 bits per heavy atom. The molecule has 138 valence electrons. The molecule has 0 aromatic rings. The molecular weight excluding hydrogens is 306 g/mol. The van der Waals surface area contributed by atoms with E-state index in [0.717, 1.165) is 58.8 Å². The van der Waals surface area contributed by atoms with Gasteiger partial charge in [0.05, 0.1) is 13.2 Å². The predicted molar refractivity (Wildman–Crippen MR) is 93.0 cm³/mol. The van der Waals surface area contributed by atoms with Crippen molar-refractivity contribution in [2.24, 2.45) is 5.41 Å². The van der Waals surface area contributed by atoms with Crippen LogP contribution in [0.25, 0.3) is 0 Å². The second kappa shape index (κ2) is 8.13. The number of carbonyl (C=O) groups is 1. The molecule has 6 nitrogen and oxygen atoms in total. The van der Waals surface area contributed by atoms with Crippen molar-refractivity contribution in [2.75, 3.05) is 72.7 Å². The summed E-state index contributed by atoms with van der Waals surface area (Å²) in [5, 5.41) is 0. The lowest BCUT2D eigenvalue weighted by molar-refractivity contribution is -0.138.